The Balaban J connectivity index is 1.56. The minimum Gasteiger partial charge on any atom is -0.381 e. The monoisotopic (exact) mass is 334 g/mol. The summed E-state index contributed by atoms with van der Waals surface area (Å²) in [7, 11) is 0. The van der Waals surface area contributed by atoms with Gasteiger partial charge in [0.05, 0.1) is 5.69 Å². The maximum absolute atomic E-state index is 12.4. The molecule has 0 atom stereocenters. The Morgan fingerprint density at radius 3 is 2.62 bits per heavy atom. The normalized spacial score (nSPS) is 21.1. The Morgan fingerprint density at radius 2 is 2.00 bits per heavy atom. The molecular weight excluding hydrogens is 304 g/mol. The molecule has 0 aliphatic carbocycles. The largest absolute Gasteiger partial charge is 0.381 e. The van der Waals surface area contributed by atoms with Crippen LogP contribution < -0.4 is 5.32 Å². The number of rotatable bonds is 6. The highest BCUT2D eigenvalue weighted by molar-refractivity contribution is 5.75. The fourth-order valence-corrected chi connectivity index (χ4v) is 3.92. The average molecular weight is 334 g/mol. The van der Waals surface area contributed by atoms with Crippen LogP contribution >= 0.6 is 0 Å². The zero-order valence-corrected chi connectivity index (χ0v) is 15.0. The molecule has 1 N–H and O–H groups in total. The van der Waals surface area contributed by atoms with Gasteiger partial charge >= 0.3 is 0 Å². The van der Waals surface area contributed by atoms with E-state index < -0.39 is 0 Å². The first kappa shape index (κ1) is 17.4. The zero-order chi connectivity index (χ0) is 17.0. The van der Waals surface area contributed by atoms with Gasteiger partial charge in [0.2, 0.25) is 5.91 Å². The van der Waals surface area contributed by atoms with Gasteiger partial charge in [0, 0.05) is 37.4 Å². The molecule has 3 rings (SSSR count). The van der Waals surface area contributed by atoms with E-state index in [9.17, 15) is 4.79 Å². The molecule has 0 radical (unpaired) electrons. The Hall–Kier alpha value is -1.40. The molecule has 0 aromatic carbocycles. The molecular formula is C18H30N4O2. The summed E-state index contributed by atoms with van der Waals surface area (Å²) in [4.78, 5) is 14.9. The third-order valence-electron chi connectivity index (χ3n) is 5.37. The molecule has 2 fully saturated rings. The number of nitrogens with one attached hydrogen (secondary N) is 1. The maximum atomic E-state index is 12.4. The van der Waals surface area contributed by atoms with E-state index in [4.69, 9.17) is 4.74 Å². The summed E-state index contributed by atoms with van der Waals surface area (Å²) in [6.45, 7) is 10.1. The molecule has 2 aliphatic rings. The Kier molecular flexibility index (Phi) is 5.56. The topological polar surface area (TPSA) is 59.4 Å². The van der Waals surface area contributed by atoms with Gasteiger partial charge in [-0.15, -0.1) is 0 Å². The molecule has 0 saturated carbocycles. The lowest BCUT2D eigenvalue weighted by Gasteiger charge is -2.40. The van der Waals surface area contributed by atoms with Crippen LogP contribution in [0.25, 0.3) is 0 Å². The van der Waals surface area contributed by atoms with E-state index >= 15 is 0 Å². The molecule has 1 aromatic heterocycles. The average Bonchev–Trinajstić information content (AvgIpc) is 3.16. The third kappa shape index (κ3) is 4.36. The van der Waals surface area contributed by atoms with Crippen molar-refractivity contribution in [2.45, 2.75) is 46.1 Å². The zero-order valence-electron chi connectivity index (χ0n) is 15.0. The second-order valence-electron chi connectivity index (χ2n) is 7.46. The van der Waals surface area contributed by atoms with Crippen LogP contribution in [-0.4, -0.2) is 60.0 Å². The Bertz CT molecular complexity index is 557. The first-order valence-electron chi connectivity index (χ1n) is 9.14. The number of hydrogen-bond donors (Lipinski definition) is 1. The predicted molar refractivity (Wildman–Crippen MR) is 92.9 cm³/mol. The molecule has 1 aromatic rings. The van der Waals surface area contributed by atoms with Gasteiger partial charge < -0.3 is 15.0 Å². The van der Waals surface area contributed by atoms with Gasteiger partial charge in [-0.2, -0.15) is 5.10 Å². The Morgan fingerprint density at radius 1 is 1.29 bits per heavy atom. The number of hydrogen-bond acceptors (Lipinski definition) is 4. The van der Waals surface area contributed by atoms with Crippen LogP contribution in [0.1, 0.15) is 37.1 Å². The minimum atomic E-state index is 0.0495. The molecule has 2 saturated heterocycles. The molecule has 2 aliphatic heterocycles. The molecule has 1 amide bonds. The van der Waals surface area contributed by atoms with E-state index in [2.05, 4.69) is 15.3 Å². The summed E-state index contributed by atoms with van der Waals surface area (Å²) in [5, 5.41) is 7.54. The maximum Gasteiger partial charge on any atom is 0.241 e. The first-order chi connectivity index (χ1) is 11.6. The molecule has 3 heterocycles. The van der Waals surface area contributed by atoms with Crippen molar-refractivity contribution in [2.75, 3.05) is 39.4 Å². The van der Waals surface area contributed by atoms with Crippen LogP contribution in [0.5, 0.6) is 0 Å². The van der Waals surface area contributed by atoms with Crippen molar-refractivity contribution in [3.05, 3.63) is 17.5 Å². The molecule has 6 heteroatoms. The summed E-state index contributed by atoms with van der Waals surface area (Å²) < 4.78 is 7.34. The van der Waals surface area contributed by atoms with E-state index in [1.54, 1.807) is 4.68 Å². The number of aryl methyl sites for hydroxylation is 2. The van der Waals surface area contributed by atoms with Crippen molar-refractivity contribution in [3.8, 4) is 0 Å². The Labute approximate surface area is 144 Å². The molecule has 24 heavy (non-hydrogen) atoms. The van der Waals surface area contributed by atoms with Crippen LogP contribution in [0.4, 0.5) is 0 Å². The fourth-order valence-electron chi connectivity index (χ4n) is 3.92. The van der Waals surface area contributed by atoms with Gasteiger partial charge in [0.15, 0.2) is 0 Å². The molecule has 0 unspecified atom stereocenters. The number of aromatic nitrogens is 2. The third-order valence-corrected chi connectivity index (χ3v) is 5.37. The predicted octanol–water partition coefficient (Wildman–Crippen LogP) is 1.51. The van der Waals surface area contributed by atoms with Gasteiger partial charge in [-0.25, -0.2) is 0 Å². The number of carbonyl (C=O) groups excluding carboxylic acids is 1. The lowest BCUT2D eigenvalue weighted by molar-refractivity contribution is -0.123. The number of ether oxygens (including phenoxy) is 1. The van der Waals surface area contributed by atoms with E-state index in [0.717, 1.165) is 50.5 Å². The number of amides is 1. The molecule has 6 nitrogen and oxygen atoms in total. The highest BCUT2D eigenvalue weighted by Crippen LogP contribution is 2.32. The standard InChI is InChI=1S/C18H30N4O2/c1-15-11-16(2)22(20-15)12-17(23)19-13-18(5-9-24-10-6-18)14-21-7-3-4-8-21/h11H,3-10,12-14H2,1-2H3,(H,19,23). The summed E-state index contributed by atoms with van der Waals surface area (Å²) in [6, 6.07) is 2.00. The van der Waals surface area contributed by atoms with Crippen LogP contribution in [-0.2, 0) is 16.1 Å². The van der Waals surface area contributed by atoms with Crippen LogP contribution in [0.3, 0.4) is 0 Å². The first-order valence-corrected chi connectivity index (χ1v) is 9.14. The van der Waals surface area contributed by atoms with Crippen LogP contribution in [0.15, 0.2) is 6.07 Å². The number of nitrogens with zero attached hydrogens (tertiary/aromatic N) is 3. The molecule has 0 bridgehead atoms. The SMILES string of the molecule is Cc1cc(C)n(CC(=O)NCC2(CN3CCCC3)CCOCC2)n1. The van der Waals surface area contributed by atoms with Crippen molar-refractivity contribution in [3.63, 3.8) is 0 Å². The van der Waals surface area contributed by atoms with Crippen molar-refractivity contribution in [1.82, 2.24) is 20.0 Å². The molecule has 134 valence electrons. The van der Waals surface area contributed by atoms with Crippen LogP contribution in [0, 0.1) is 19.3 Å². The smallest absolute Gasteiger partial charge is 0.241 e. The van der Waals surface area contributed by atoms with E-state index in [1.165, 1.54) is 25.9 Å². The van der Waals surface area contributed by atoms with E-state index in [1.807, 2.05) is 19.9 Å². The highest BCUT2D eigenvalue weighted by atomic mass is 16.5. The number of likely N-dealkylation sites (tertiary alicyclic amines) is 1. The van der Waals surface area contributed by atoms with E-state index in [-0.39, 0.29) is 11.3 Å². The van der Waals surface area contributed by atoms with Crippen molar-refractivity contribution in [1.29, 1.82) is 0 Å². The second kappa shape index (κ2) is 7.66. The van der Waals surface area contributed by atoms with Crippen LogP contribution in [0.2, 0.25) is 0 Å². The summed E-state index contributed by atoms with van der Waals surface area (Å²) in [5.41, 5.74) is 2.14. The fraction of sp³-hybridized carbons (Fsp3) is 0.778. The van der Waals surface area contributed by atoms with Gasteiger partial charge in [-0.05, 0) is 58.7 Å². The van der Waals surface area contributed by atoms with Crippen molar-refractivity contribution >= 4 is 5.91 Å². The van der Waals surface area contributed by atoms with E-state index in [0.29, 0.717) is 6.54 Å². The van der Waals surface area contributed by atoms with Gasteiger partial charge in [-0.1, -0.05) is 0 Å². The minimum absolute atomic E-state index is 0.0495. The highest BCUT2D eigenvalue weighted by Gasteiger charge is 2.35. The van der Waals surface area contributed by atoms with Gasteiger partial charge in [-0.3, -0.25) is 9.48 Å². The number of carbonyl (C=O) groups is 1. The lowest BCUT2D eigenvalue weighted by atomic mass is 9.79. The second-order valence-corrected chi connectivity index (χ2v) is 7.46. The van der Waals surface area contributed by atoms with Gasteiger partial charge in [0.25, 0.3) is 0 Å². The van der Waals surface area contributed by atoms with Gasteiger partial charge in [0.1, 0.15) is 6.54 Å². The lowest BCUT2D eigenvalue weighted by Crippen LogP contribution is -2.48. The quantitative estimate of drug-likeness (QED) is 0.857. The summed E-state index contributed by atoms with van der Waals surface area (Å²) >= 11 is 0. The summed E-state index contributed by atoms with van der Waals surface area (Å²) in [6.07, 6.45) is 4.67. The summed E-state index contributed by atoms with van der Waals surface area (Å²) in [5.74, 6) is 0.0495. The van der Waals surface area contributed by atoms with Crippen molar-refractivity contribution in [2.24, 2.45) is 5.41 Å². The molecule has 0 spiro atoms. The van der Waals surface area contributed by atoms with Crippen molar-refractivity contribution < 1.29 is 9.53 Å².